The lowest BCUT2D eigenvalue weighted by atomic mass is 9.92. The van der Waals surface area contributed by atoms with Gasteiger partial charge in [0.2, 0.25) is 5.91 Å². The van der Waals surface area contributed by atoms with Crippen LogP contribution < -0.4 is 5.73 Å². The molecule has 1 saturated heterocycles. The Balaban J connectivity index is 2.17. The smallest absolute Gasteiger partial charge is 0.335 e. The van der Waals surface area contributed by atoms with Crippen molar-refractivity contribution in [3.8, 4) is 0 Å². The van der Waals surface area contributed by atoms with E-state index in [9.17, 15) is 14.4 Å². The van der Waals surface area contributed by atoms with E-state index in [1.165, 1.54) is 24.3 Å². The van der Waals surface area contributed by atoms with E-state index < -0.39 is 5.97 Å². The fraction of sp³-hybridized carbons (Fsp3) is 0.400. The highest BCUT2D eigenvalue weighted by Crippen LogP contribution is 2.23. The molecule has 112 valence electrons. The van der Waals surface area contributed by atoms with Crippen molar-refractivity contribution >= 4 is 17.8 Å². The van der Waals surface area contributed by atoms with Gasteiger partial charge in [0, 0.05) is 18.2 Å². The quantitative estimate of drug-likeness (QED) is 0.870. The summed E-state index contributed by atoms with van der Waals surface area (Å²) in [5.41, 5.74) is 5.87. The molecular weight excluding hydrogens is 272 g/mol. The first-order valence-corrected chi connectivity index (χ1v) is 6.83. The number of nitrogens with zero attached hydrogens (tertiary/aromatic N) is 1. The van der Waals surface area contributed by atoms with Gasteiger partial charge in [-0.3, -0.25) is 9.59 Å². The zero-order valence-corrected chi connectivity index (χ0v) is 11.8. The Morgan fingerprint density at radius 1 is 1.14 bits per heavy atom. The van der Waals surface area contributed by atoms with Crippen LogP contribution in [0.2, 0.25) is 0 Å². The Labute approximate surface area is 122 Å². The number of carboxylic acids is 1. The number of carbonyl (C=O) groups excluding carboxylic acids is 2. The first-order valence-electron chi connectivity index (χ1n) is 6.83. The molecule has 1 aliphatic heterocycles. The number of piperidine rings is 1. The van der Waals surface area contributed by atoms with Crippen molar-refractivity contribution < 1.29 is 19.5 Å². The fourth-order valence-electron chi connectivity index (χ4n) is 2.54. The molecule has 2 atom stereocenters. The second-order valence-corrected chi connectivity index (χ2v) is 5.37. The second-order valence-electron chi connectivity index (χ2n) is 5.37. The number of likely N-dealkylation sites (tertiary alicyclic amines) is 1. The van der Waals surface area contributed by atoms with Crippen LogP contribution in [0, 0.1) is 5.92 Å². The van der Waals surface area contributed by atoms with Crippen LogP contribution in [-0.2, 0) is 4.79 Å². The van der Waals surface area contributed by atoms with Crippen LogP contribution in [0.5, 0.6) is 0 Å². The van der Waals surface area contributed by atoms with Gasteiger partial charge in [-0.25, -0.2) is 4.79 Å². The summed E-state index contributed by atoms with van der Waals surface area (Å²) < 4.78 is 0. The predicted molar refractivity (Wildman–Crippen MR) is 75.8 cm³/mol. The summed E-state index contributed by atoms with van der Waals surface area (Å²) in [6.07, 6.45) is 1.42. The molecule has 0 saturated carbocycles. The summed E-state index contributed by atoms with van der Waals surface area (Å²) in [5.74, 6) is -1.94. The molecule has 21 heavy (non-hydrogen) atoms. The molecular formula is C15H18N2O4. The van der Waals surface area contributed by atoms with E-state index in [0.717, 1.165) is 6.42 Å². The number of rotatable bonds is 3. The number of hydrogen-bond donors (Lipinski definition) is 2. The van der Waals surface area contributed by atoms with Gasteiger partial charge in [-0.15, -0.1) is 0 Å². The van der Waals surface area contributed by atoms with E-state index >= 15 is 0 Å². The first kappa shape index (κ1) is 15.0. The summed E-state index contributed by atoms with van der Waals surface area (Å²) in [4.78, 5) is 36.2. The van der Waals surface area contributed by atoms with Gasteiger partial charge in [0.05, 0.1) is 11.5 Å². The molecule has 2 rings (SSSR count). The first-order chi connectivity index (χ1) is 9.90. The topological polar surface area (TPSA) is 101 Å². The number of carbonyl (C=O) groups is 3. The lowest BCUT2D eigenvalue weighted by molar-refractivity contribution is -0.123. The van der Waals surface area contributed by atoms with Crippen molar-refractivity contribution in [2.45, 2.75) is 25.8 Å². The van der Waals surface area contributed by atoms with Gasteiger partial charge in [-0.05, 0) is 44.0 Å². The summed E-state index contributed by atoms with van der Waals surface area (Å²) in [5, 5.41) is 8.85. The molecule has 0 radical (unpaired) electrons. The maximum absolute atomic E-state index is 12.5. The van der Waals surface area contributed by atoms with Gasteiger partial charge in [-0.1, -0.05) is 0 Å². The number of benzene rings is 1. The lowest BCUT2D eigenvalue weighted by Gasteiger charge is -2.37. The minimum absolute atomic E-state index is 0.0345. The average Bonchev–Trinajstić information content (AvgIpc) is 2.47. The van der Waals surface area contributed by atoms with Crippen LogP contribution in [0.25, 0.3) is 0 Å². The monoisotopic (exact) mass is 290 g/mol. The highest BCUT2D eigenvalue weighted by atomic mass is 16.4. The molecule has 1 fully saturated rings. The molecule has 1 aliphatic rings. The van der Waals surface area contributed by atoms with Crippen molar-refractivity contribution in [1.29, 1.82) is 0 Å². The zero-order chi connectivity index (χ0) is 15.6. The molecule has 0 aliphatic carbocycles. The van der Waals surface area contributed by atoms with Gasteiger partial charge in [0.25, 0.3) is 5.91 Å². The Hall–Kier alpha value is -2.37. The standard InChI is InChI=1S/C15H18N2O4/c1-9-2-3-12(13(16)18)8-17(9)14(19)10-4-6-11(7-5-10)15(20)21/h4-7,9,12H,2-3,8H2,1H3,(H2,16,18)(H,20,21)/t9-,12+/m0/s1. The largest absolute Gasteiger partial charge is 0.478 e. The van der Waals surface area contributed by atoms with Crippen LogP contribution in [-0.4, -0.2) is 40.4 Å². The molecule has 1 aromatic carbocycles. The predicted octanol–water partition coefficient (Wildman–Crippen LogP) is 1.11. The molecule has 6 heteroatoms. The summed E-state index contributed by atoms with van der Waals surface area (Å²) >= 11 is 0. The van der Waals surface area contributed by atoms with Crippen molar-refractivity contribution in [2.24, 2.45) is 11.7 Å². The van der Waals surface area contributed by atoms with Crippen LogP contribution in [0.15, 0.2) is 24.3 Å². The average molecular weight is 290 g/mol. The molecule has 0 aromatic heterocycles. The molecule has 1 heterocycles. The van der Waals surface area contributed by atoms with E-state index in [1.54, 1.807) is 4.90 Å². The zero-order valence-electron chi connectivity index (χ0n) is 11.8. The van der Waals surface area contributed by atoms with E-state index in [4.69, 9.17) is 10.8 Å². The number of hydrogen-bond acceptors (Lipinski definition) is 3. The molecule has 1 aromatic rings. The highest BCUT2D eigenvalue weighted by molar-refractivity contribution is 5.96. The molecule has 2 amide bonds. The van der Waals surface area contributed by atoms with E-state index in [0.29, 0.717) is 18.5 Å². The second kappa shape index (κ2) is 5.95. The van der Waals surface area contributed by atoms with Crippen molar-refractivity contribution in [3.63, 3.8) is 0 Å². The third-order valence-electron chi connectivity index (χ3n) is 3.92. The SMILES string of the molecule is C[C@H]1CC[C@@H](C(N)=O)CN1C(=O)c1ccc(C(=O)O)cc1. The van der Waals surface area contributed by atoms with Gasteiger partial charge in [0.1, 0.15) is 0 Å². The molecule has 6 nitrogen and oxygen atoms in total. The third-order valence-corrected chi connectivity index (χ3v) is 3.92. The maximum Gasteiger partial charge on any atom is 0.335 e. The van der Waals surface area contributed by atoms with Crippen LogP contribution in [0.1, 0.15) is 40.5 Å². The van der Waals surface area contributed by atoms with Gasteiger partial charge < -0.3 is 15.7 Å². The minimum atomic E-state index is -1.03. The van der Waals surface area contributed by atoms with E-state index in [-0.39, 0.29) is 29.3 Å². The lowest BCUT2D eigenvalue weighted by Crippen LogP contribution is -2.48. The van der Waals surface area contributed by atoms with E-state index in [2.05, 4.69) is 0 Å². The molecule has 3 N–H and O–H groups in total. The van der Waals surface area contributed by atoms with Crippen molar-refractivity contribution in [2.75, 3.05) is 6.54 Å². The van der Waals surface area contributed by atoms with Gasteiger partial charge in [0.15, 0.2) is 0 Å². The maximum atomic E-state index is 12.5. The molecule has 0 spiro atoms. The third kappa shape index (κ3) is 3.21. The molecule has 0 unspecified atom stereocenters. The van der Waals surface area contributed by atoms with Crippen LogP contribution in [0.3, 0.4) is 0 Å². The highest BCUT2D eigenvalue weighted by Gasteiger charge is 2.32. The van der Waals surface area contributed by atoms with Crippen molar-refractivity contribution in [1.82, 2.24) is 4.90 Å². The Kier molecular flexibility index (Phi) is 4.26. The summed E-state index contributed by atoms with van der Waals surface area (Å²) in [7, 11) is 0. The van der Waals surface area contributed by atoms with Gasteiger partial charge in [-0.2, -0.15) is 0 Å². The number of nitrogens with two attached hydrogens (primary N) is 1. The number of amides is 2. The van der Waals surface area contributed by atoms with E-state index in [1.807, 2.05) is 6.92 Å². The number of aromatic carboxylic acids is 1. The Morgan fingerprint density at radius 3 is 2.24 bits per heavy atom. The van der Waals surface area contributed by atoms with Crippen LogP contribution >= 0.6 is 0 Å². The normalized spacial score (nSPS) is 21.9. The summed E-state index contributed by atoms with van der Waals surface area (Å²) in [6, 6.07) is 5.82. The fourth-order valence-corrected chi connectivity index (χ4v) is 2.54. The minimum Gasteiger partial charge on any atom is -0.478 e. The molecule has 0 bridgehead atoms. The van der Waals surface area contributed by atoms with Gasteiger partial charge >= 0.3 is 5.97 Å². The Bertz CT molecular complexity index is 568. The van der Waals surface area contributed by atoms with Crippen LogP contribution in [0.4, 0.5) is 0 Å². The Morgan fingerprint density at radius 2 is 1.71 bits per heavy atom. The van der Waals surface area contributed by atoms with Crippen molar-refractivity contribution in [3.05, 3.63) is 35.4 Å². The summed E-state index contributed by atoms with van der Waals surface area (Å²) in [6.45, 7) is 2.25. The number of primary amides is 1. The number of carboxylic acid groups (broad SMARTS) is 1.